The zero-order valence-corrected chi connectivity index (χ0v) is 16.9. The van der Waals surface area contributed by atoms with Crippen molar-refractivity contribution in [1.29, 1.82) is 0 Å². The molecular weight excluding hydrogens is 351 g/mol. The van der Waals surface area contributed by atoms with E-state index in [1.165, 1.54) is 6.07 Å². The quantitative estimate of drug-likeness (QED) is 0.778. The molecule has 0 saturated carbocycles. The summed E-state index contributed by atoms with van der Waals surface area (Å²) in [5.74, 6) is -0.0737. The first-order valence-electron chi connectivity index (χ1n) is 8.40. The van der Waals surface area contributed by atoms with Crippen molar-refractivity contribution in [2.24, 2.45) is 0 Å². The smallest absolute Gasteiger partial charge is 0.443 e. The van der Waals surface area contributed by atoms with Crippen LogP contribution in [-0.2, 0) is 9.47 Å². The highest BCUT2D eigenvalue weighted by Crippen LogP contribution is 2.26. The fourth-order valence-corrected chi connectivity index (χ4v) is 1.97. The van der Waals surface area contributed by atoms with Crippen molar-refractivity contribution < 1.29 is 29.1 Å². The van der Waals surface area contributed by atoms with Crippen LogP contribution in [0.1, 0.15) is 54.0 Å². The first-order valence-corrected chi connectivity index (χ1v) is 8.40. The Morgan fingerprint density at radius 3 is 1.85 bits per heavy atom. The fourth-order valence-electron chi connectivity index (χ4n) is 1.97. The molecule has 1 aromatic rings. The minimum absolute atomic E-state index is 0.0737. The number of pyridine rings is 1. The molecule has 8 nitrogen and oxygen atoms in total. The zero-order chi connectivity index (χ0) is 21.2. The summed E-state index contributed by atoms with van der Waals surface area (Å²) in [5, 5.41) is 18.7. The van der Waals surface area contributed by atoms with Gasteiger partial charge in [-0.2, -0.15) is 4.90 Å². The number of hydrogen-bond donors (Lipinski definition) is 2. The van der Waals surface area contributed by atoms with E-state index < -0.39 is 30.5 Å². The monoisotopic (exact) mass is 378 g/mol. The maximum absolute atomic E-state index is 12.7. The third-order valence-corrected chi connectivity index (χ3v) is 3.01. The molecule has 0 fully saturated rings. The number of aromatic nitrogens is 1. The first-order chi connectivity index (χ1) is 12.1. The lowest BCUT2D eigenvalue weighted by atomic mass is 9.80. The van der Waals surface area contributed by atoms with Gasteiger partial charge in [0.25, 0.3) is 0 Å². The number of rotatable bonds is 3. The van der Waals surface area contributed by atoms with Crippen molar-refractivity contribution in [2.75, 3.05) is 4.90 Å². The number of carbonyl (C=O) groups is 2. The van der Waals surface area contributed by atoms with Crippen molar-refractivity contribution in [3.8, 4) is 0 Å². The second kappa shape index (κ2) is 8.10. The van der Waals surface area contributed by atoms with E-state index in [1.54, 1.807) is 48.5 Å². The largest absolute Gasteiger partial charge is 0.490 e. The van der Waals surface area contributed by atoms with E-state index in [0.717, 1.165) is 6.20 Å². The van der Waals surface area contributed by atoms with Crippen LogP contribution in [0.25, 0.3) is 5.57 Å². The van der Waals surface area contributed by atoms with Gasteiger partial charge in [0.15, 0.2) is 5.82 Å². The van der Waals surface area contributed by atoms with Gasteiger partial charge in [0.2, 0.25) is 0 Å². The Bertz CT molecular complexity index is 706. The number of ether oxygens (including phenoxy) is 2. The molecule has 0 spiro atoms. The van der Waals surface area contributed by atoms with Gasteiger partial charge in [0, 0.05) is 17.2 Å². The van der Waals surface area contributed by atoms with Gasteiger partial charge in [-0.05, 0) is 60.1 Å². The van der Waals surface area contributed by atoms with E-state index in [4.69, 9.17) is 9.47 Å². The predicted octanol–water partition coefficient (Wildman–Crippen LogP) is 2.47. The maximum atomic E-state index is 12.7. The molecule has 27 heavy (non-hydrogen) atoms. The standard InChI is InChI=1S/C18H27BN2O6/c1-11(2)13-9-12(19(24)25)10-20-14(13)21(15(22)26-17(3,4)5)16(23)27-18(6,7)8/h9-10,24-25H,1H2,2-8H3. The molecule has 0 radical (unpaired) electrons. The van der Waals surface area contributed by atoms with E-state index in [1.807, 2.05) is 0 Å². The third kappa shape index (κ3) is 6.69. The molecule has 1 aromatic heterocycles. The topological polar surface area (TPSA) is 109 Å². The molecule has 2 amide bonds. The van der Waals surface area contributed by atoms with Crippen LogP contribution in [0.15, 0.2) is 18.8 Å². The Kier molecular flexibility index (Phi) is 6.80. The SMILES string of the molecule is C=C(C)c1cc(B(O)O)cnc1N(C(=O)OC(C)(C)C)C(=O)OC(C)(C)C. The molecule has 9 heteroatoms. The van der Waals surface area contributed by atoms with Crippen LogP contribution in [0.5, 0.6) is 0 Å². The van der Waals surface area contributed by atoms with Crippen LogP contribution in [0.4, 0.5) is 15.4 Å². The van der Waals surface area contributed by atoms with Gasteiger partial charge < -0.3 is 19.5 Å². The van der Waals surface area contributed by atoms with E-state index in [2.05, 4.69) is 11.6 Å². The van der Waals surface area contributed by atoms with Crippen molar-refractivity contribution in [2.45, 2.75) is 59.7 Å². The number of imide groups is 1. The Labute approximate surface area is 159 Å². The normalized spacial score (nSPS) is 11.6. The minimum atomic E-state index is -1.76. The van der Waals surface area contributed by atoms with Crippen LogP contribution < -0.4 is 10.4 Å². The van der Waals surface area contributed by atoms with Crippen molar-refractivity contribution in [3.05, 3.63) is 24.4 Å². The number of allylic oxidation sites excluding steroid dienone is 1. The van der Waals surface area contributed by atoms with E-state index in [9.17, 15) is 19.6 Å². The lowest BCUT2D eigenvalue weighted by Gasteiger charge is -2.29. The van der Waals surface area contributed by atoms with Gasteiger partial charge in [0.05, 0.1) is 0 Å². The summed E-state index contributed by atoms with van der Waals surface area (Å²) in [6.07, 6.45) is -0.790. The number of nitrogens with zero attached hydrogens (tertiary/aromatic N) is 2. The summed E-state index contributed by atoms with van der Waals surface area (Å²) in [5.41, 5.74) is -0.899. The molecule has 148 valence electrons. The van der Waals surface area contributed by atoms with Gasteiger partial charge in [-0.25, -0.2) is 14.6 Å². The molecule has 1 rings (SSSR count). The number of anilines is 1. The molecule has 0 aliphatic rings. The highest BCUT2D eigenvalue weighted by molar-refractivity contribution is 6.58. The summed E-state index contributed by atoms with van der Waals surface area (Å²) in [4.78, 5) is 30.2. The van der Waals surface area contributed by atoms with Gasteiger partial charge in [-0.15, -0.1) is 0 Å². The van der Waals surface area contributed by atoms with E-state index in [-0.39, 0.29) is 16.8 Å². The summed E-state index contributed by atoms with van der Waals surface area (Å²) >= 11 is 0. The summed E-state index contributed by atoms with van der Waals surface area (Å²) < 4.78 is 10.6. The molecule has 0 aromatic carbocycles. The average molecular weight is 378 g/mol. The van der Waals surface area contributed by atoms with Gasteiger partial charge >= 0.3 is 19.3 Å². The second-order valence-electron chi connectivity index (χ2n) is 8.09. The highest BCUT2D eigenvalue weighted by atomic mass is 16.6. The number of hydrogen-bond acceptors (Lipinski definition) is 7. The molecule has 0 saturated heterocycles. The maximum Gasteiger partial charge on any atom is 0.490 e. The highest BCUT2D eigenvalue weighted by Gasteiger charge is 2.35. The molecule has 2 N–H and O–H groups in total. The Balaban J connectivity index is 3.52. The zero-order valence-electron chi connectivity index (χ0n) is 16.9. The van der Waals surface area contributed by atoms with Crippen LogP contribution in [0.3, 0.4) is 0 Å². The van der Waals surface area contributed by atoms with E-state index >= 15 is 0 Å². The number of carbonyl (C=O) groups excluding carboxylic acids is 2. The van der Waals surface area contributed by atoms with Crippen LogP contribution in [0, 0.1) is 0 Å². The minimum Gasteiger partial charge on any atom is -0.443 e. The molecule has 0 aliphatic carbocycles. The Morgan fingerprint density at radius 2 is 1.52 bits per heavy atom. The fraction of sp³-hybridized carbons (Fsp3) is 0.500. The van der Waals surface area contributed by atoms with Gasteiger partial charge in [-0.1, -0.05) is 6.58 Å². The first kappa shape index (κ1) is 22.7. The Morgan fingerprint density at radius 1 is 1.07 bits per heavy atom. The van der Waals surface area contributed by atoms with Gasteiger partial charge in [-0.3, -0.25) is 0 Å². The Hall–Kier alpha value is -2.39. The third-order valence-electron chi connectivity index (χ3n) is 3.01. The molecule has 0 atom stereocenters. The van der Waals surface area contributed by atoms with Crippen LogP contribution >= 0.6 is 0 Å². The van der Waals surface area contributed by atoms with Crippen molar-refractivity contribution in [1.82, 2.24) is 4.98 Å². The molecule has 1 heterocycles. The average Bonchev–Trinajstić information content (AvgIpc) is 2.43. The van der Waals surface area contributed by atoms with Crippen LogP contribution in [-0.4, -0.2) is 45.5 Å². The summed E-state index contributed by atoms with van der Waals surface area (Å²) in [6, 6.07) is 1.39. The molecule has 0 unspecified atom stereocenters. The van der Waals surface area contributed by atoms with Crippen LogP contribution in [0.2, 0.25) is 0 Å². The van der Waals surface area contributed by atoms with E-state index in [0.29, 0.717) is 10.5 Å². The second-order valence-corrected chi connectivity index (χ2v) is 8.09. The lowest BCUT2D eigenvalue weighted by Crippen LogP contribution is -2.45. The molecular formula is C18H27BN2O6. The van der Waals surface area contributed by atoms with Gasteiger partial charge in [0.1, 0.15) is 11.2 Å². The summed E-state index contributed by atoms with van der Waals surface area (Å²) in [7, 11) is -1.76. The lowest BCUT2D eigenvalue weighted by molar-refractivity contribution is 0.0429. The number of amides is 2. The predicted molar refractivity (Wildman–Crippen MR) is 104 cm³/mol. The molecule has 0 bridgehead atoms. The van der Waals surface area contributed by atoms with Crippen molar-refractivity contribution in [3.63, 3.8) is 0 Å². The molecule has 0 aliphatic heterocycles. The summed E-state index contributed by atoms with van der Waals surface area (Å²) in [6.45, 7) is 15.4. The van der Waals surface area contributed by atoms with Crippen molar-refractivity contribution >= 4 is 36.2 Å².